The lowest BCUT2D eigenvalue weighted by atomic mass is 10.0. The lowest BCUT2D eigenvalue weighted by molar-refractivity contribution is -0.109. The molecule has 0 radical (unpaired) electrons. The summed E-state index contributed by atoms with van der Waals surface area (Å²) < 4.78 is 10.9. The molecule has 0 saturated carbocycles. The molecule has 0 amide bonds. The predicted octanol–water partition coefficient (Wildman–Crippen LogP) is 2.27. The zero-order valence-corrected chi connectivity index (χ0v) is 10.9. The first-order valence-corrected chi connectivity index (χ1v) is 5.82. The van der Waals surface area contributed by atoms with E-state index in [0.29, 0.717) is 32.5 Å². The maximum atomic E-state index is 10.3. The zero-order chi connectivity index (χ0) is 13.1. The summed E-state index contributed by atoms with van der Waals surface area (Å²) in [6.07, 6.45) is 5.16. The number of ether oxygens (including phenoxy) is 2. The molecule has 4 nitrogen and oxygen atoms in total. The second kappa shape index (κ2) is 8.93. The fourth-order valence-electron chi connectivity index (χ4n) is 1.19. The number of carbonyl (C=O) groups is 2. The summed E-state index contributed by atoms with van der Waals surface area (Å²) >= 11 is 0. The minimum absolute atomic E-state index is 0.305. The topological polar surface area (TPSA) is 52.6 Å². The van der Waals surface area contributed by atoms with E-state index in [1.165, 1.54) is 0 Å². The van der Waals surface area contributed by atoms with Crippen molar-refractivity contribution in [2.24, 2.45) is 0 Å². The second-order valence-electron chi connectivity index (χ2n) is 4.39. The van der Waals surface area contributed by atoms with Gasteiger partial charge in [0.1, 0.15) is 12.6 Å². The van der Waals surface area contributed by atoms with Crippen molar-refractivity contribution in [3.63, 3.8) is 0 Å². The molecule has 0 bridgehead atoms. The largest absolute Gasteiger partial charge is 0.498 e. The van der Waals surface area contributed by atoms with Gasteiger partial charge in [-0.2, -0.15) is 0 Å². The van der Waals surface area contributed by atoms with Crippen molar-refractivity contribution in [2.45, 2.75) is 45.6 Å². The van der Waals surface area contributed by atoms with E-state index >= 15 is 0 Å². The van der Waals surface area contributed by atoms with E-state index in [1.807, 2.05) is 26.8 Å². The van der Waals surface area contributed by atoms with E-state index in [1.54, 1.807) is 0 Å². The number of aldehydes is 2. The molecule has 0 aromatic rings. The van der Waals surface area contributed by atoms with Crippen LogP contribution in [0.1, 0.15) is 40.0 Å². The van der Waals surface area contributed by atoms with E-state index < -0.39 is 0 Å². The van der Waals surface area contributed by atoms with Crippen molar-refractivity contribution in [3.8, 4) is 0 Å². The molecule has 0 atom stereocenters. The van der Waals surface area contributed by atoms with Crippen LogP contribution in [0, 0.1) is 0 Å². The summed E-state index contributed by atoms with van der Waals surface area (Å²) in [5.41, 5.74) is -0.305. The first-order chi connectivity index (χ1) is 8.02. The molecule has 17 heavy (non-hydrogen) atoms. The van der Waals surface area contributed by atoms with Gasteiger partial charge in [-0.1, -0.05) is 0 Å². The maximum Gasteiger partial charge on any atom is 0.123 e. The molecule has 0 N–H and O–H groups in total. The predicted molar refractivity (Wildman–Crippen MR) is 65.7 cm³/mol. The van der Waals surface area contributed by atoms with Crippen molar-refractivity contribution >= 4 is 12.6 Å². The Morgan fingerprint density at radius 1 is 1.18 bits per heavy atom. The first-order valence-electron chi connectivity index (χ1n) is 5.82. The fourth-order valence-corrected chi connectivity index (χ4v) is 1.19. The van der Waals surface area contributed by atoms with E-state index in [2.05, 4.69) is 0 Å². The van der Waals surface area contributed by atoms with Gasteiger partial charge in [0.15, 0.2) is 0 Å². The Morgan fingerprint density at radius 2 is 1.82 bits per heavy atom. The van der Waals surface area contributed by atoms with Gasteiger partial charge in [-0.25, -0.2) is 0 Å². The van der Waals surface area contributed by atoms with Crippen LogP contribution in [0.5, 0.6) is 0 Å². The average molecular weight is 242 g/mol. The molecule has 0 fully saturated rings. The smallest absolute Gasteiger partial charge is 0.123 e. The monoisotopic (exact) mass is 242 g/mol. The quantitative estimate of drug-likeness (QED) is 0.335. The van der Waals surface area contributed by atoms with Crippen LogP contribution in [0.25, 0.3) is 0 Å². The molecular weight excluding hydrogens is 220 g/mol. The third-order valence-electron chi connectivity index (χ3n) is 2.27. The number of rotatable bonds is 10. The Balaban J connectivity index is 3.81. The SMILES string of the molecule is C/C(=C\COC(C)(C)CCC=O)OCCC=O. The van der Waals surface area contributed by atoms with E-state index in [9.17, 15) is 9.59 Å². The van der Waals surface area contributed by atoms with Crippen LogP contribution in [-0.2, 0) is 19.1 Å². The molecule has 0 aromatic carbocycles. The van der Waals surface area contributed by atoms with E-state index in [4.69, 9.17) is 9.47 Å². The van der Waals surface area contributed by atoms with Crippen LogP contribution in [-0.4, -0.2) is 31.4 Å². The summed E-state index contributed by atoms with van der Waals surface area (Å²) in [6.45, 7) is 6.57. The zero-order valence-electron chi connectivity index (χ0n) is 10.9. The first kappa shape index (κ1) is 15.8. The molecule has 0 aliphatic rings. The fraction of sp³-hybridized carbons (Fsp3) is 0.692. The molecule has 0 heterocycles. The van der Waals surface area contributed by atoms with Crippen molar-refractivity contribution < 1.29 is 19.1 Å². The van der Waals surface area contributed by atoms with Crippen LogP contribution in [0.15, 0.2) is 11.8 Å². The summed E-state index contributed by atoms with van der Waals surface area (Å²) in [5.74, 6) is 0.748. The minimum Gasteiger partial charge on any atom is -0.498 e. The average Bonchev–Trinajstić information content (AvgIpc) is 2.26. The van der Waals surface area contributed by atoms with Gasteiger partial charge in [-0.05, 0) is 33.3 Å². The molecule has 0 aromatic heterocycles. The van der Waals surface area contributed by atoms with Gasteiger partial charge in [-0.15, -0.1) is 0 Å². The Hall–Kier alpha value is -1.16. The van der Waals surface area contributed by atoms with Gasteiger partial charge in [-0.3, -0.25) is 0 Å². The third kappa shape index (κ3) is 9.75. The Bertz CT molecular complexity index is 256. The van der Waals surface area contributed by atoms with Crippen LogP contribution in [0.3, 0.4) is 0 Å². The van der Waals surface area contributed by atoms with Crippen LogP contribution in [0.2, 0.25) is 0 Å². The van der Waals surface area contributed by atoms with Crippen LogP contribution >= 0.6 is 0 Å². The van der Waals surface area contributed by atoms with Crippen molar-refractivity contribution in [2.75, 3.05) is 13.2 Å². The van der Waals surface area contributed by atoms with E-state index in [0.717, 1.165) is 18.3 Å². The van der Waals surface area contributed by atoms with Gasteiger partial charge in [0.2, 0.25) is 0 Å². The highest BCUT2D eigenvalue weighted by molar-refractivity contribution is 5.49. The highest BCUT2D eigenvalue weighted by atomic mass is 16.5. The molecule has 4 heteroatoms. The summed E-state index contributed by atoms with van der Waals surface area (Å²) in [4.78, 5) is 20.3. The third-order valence-corrected chi connectivity index (χ3v) is 2.27. The van der Waals surface area contributed by atoms with Crippen molar-refractivity contribution in [1.82, 2.24) is 0 Å². The highest BCUT2D eigenvalue weighted by Crippen LogP contribution is 2.16. The number of hydrogen-bond acceptors (Lipinski definition) is 4. The molecule has 0 spiro atoms. The maximum absolute atomic E-state index is 10.3. The van der Waals surface area contributed by atoms with E-state index in [-0.39, 0.29) is 5.60 Å². The van der Waals surface area contributed by atoms with Crippen LogP contribution in [0.4, 0.5) is 0 Å². The standard InChI is InChI=1S/C13H22O4/c1-12(16-10-5-9-15)6-11-17-13(2,3)7-4-8-14/h6,8-9H,4-5,7,10-11H2,1-3H3/b12-6+. The number of carbonyl (C=O) groups excluding carboxylic acids is 2. The minimum atomic E-state index is -0.305. The molecule has 0 aliphatic carbocycles. The second-order valence-corrected chi connectivity index (χ2v) is 4.39. The van der Waals surface area contributed by atoms with Gasteiger partial charge < -0.3 is 19.1 Å². The normalized spacial score (nSPS) is 12.3. The lowest BCUT2D eigenvalue weighted by Gasteiger charge is -2.23. The van der Waals surface area contributed by atoms with Crippen molar-refractivity contribution in [3.05, 3.63) is 11.8 Å². The number of allylic oxidation sites excluding steroid dienone is 1. The Labute approximate surface area is 103 Å². The molecule has 0 unspecified atom stereocenters. The highest BCUT2D eigenvalue weighted by Gasteiger charge is 2.16. The van der Waals surface area contributed by atoms with Crippen LogP contribution < -0.4 is 0 Å². The van der Waals surface area contributed by atoms with Gasteiger partial charge in [0.05, 0.1) is 24.6 Å². The Morgan fingerprint density at radius 3 is 2.41 bits per heavy atom. The molecular formula is C13H22O4. The molecule has 0 rings (SSSR count). The lowest BCUT2D eigenvalue weighted by Crippen LogP contribution is -2.24. The van der Waals surface area contributed by atoms with Crippen molar-refractivity contribution in [1.29, 1.82) is 0 Å². The molecule has 0 saturated heterocycles. The van der Waals surface area contributed by atoms with Gasteiger partial charge in [0.25, 0.3) is 0 Å². The van der Waals surface area contributed by atoms with Gasteiger partial charge in [0, 0.05) is 12.8 Å². The summed E-state index contributed by atoms with van der Waals surface area (Å²) in [7, 11) is 0. The summed E-state index contributed by atoms with van der Waals surface area (Å²) in [5, 5.41) is 0. The Kier molecular flexibility index (Phi) is 8.32. The molecule has 98 valence electrons. The number of hydrogen-bond donors (Lipinski definition) is 0. The molecule has 0 aliphatic heterocycles. The summed E-state index contributed by atoms with van der Waals surface area (Å²) in [6, 6.07) is 0. The van der Waals surface area contributed by atoms with Gasteiger partial charge >= 0.3 is 0 Å².